The van der Waals surface area contributed by atoms with Crippen LogP contribution in [-0.2, 0) is 6.42 Å². The maximum atomic E-state index is 9.17. The Morgan fingerprint density at radius 3 is 2.71 bits per heavy atom. The predicted octanol–water partition coefficient (Wildman–Crippen LogP) is -0.0482. The Morgan fingerprint density at radius 1 is 1.29 bits per heavy atom. The Kier molecular flexibility index (Phi) is 3.52. The summed E-state index contributed by atoms with van der Waals surface area (Å²) < 4.78 is 0. The second-order valence-electron chi connectivity index (χ2n) is 4.55. The average molecular weight is 232 g/mol. The lowest BCUT2D eigenvalue weighted by atomic mass is 9.79. The van der Waals surface area contributed by atoms with E-state index in [4.69, 9.17) is 10.0 Å². The molecule has 0 saturated carbocycles. The van der Waals surface area contributed by atoms with Crippen molar-refractivity contribution in [3.05, 3.63) is 30.0 Å². The number of benzene rings is 1. The quantitative estimate of drug-likeness (QED) is 0.648. The van der Waals surface area contributed by atoms with Gasteiger partial charge in [0.2, 0.25) is 0 Å². The normalized spacial score (nSPS) is 11.4. The highest BCUT2D eigenvalue weighted by Gasteiger charge is 2.12. The van der Waals surface area contributed by atoms with Gasteiger partial charge in [0.25, 0.3) is 0 Å². The maximum absolute atomic E-state index is 9.17. The lowest BCUT2D eigenvalue weighted by Crippen LogP contribution is -2.29. The number of hydrogen-bond acceptors (Lipinski definition) is 3. The van der Waals surface area contributed by atoms with Crippen LogP contribution in [0.1, 0.15) is 5.56 Å². The zero-order chi connectivity index (χ0) is 12.4. The summed E-state index contributed by atoms with van der Waals surface area (Å²) in [5, 5.41) is 19.4. The fraction of sp³-hybridized carbons (Fsp3) is 0.333. The Balaban J connectivity index is 2.33. The lowest BCUT2D eigenvalue weighted by molar-refractivity contribution is 0.414. The number of fused-ring (bicyclic) bond motifs is 1. The molecule has 1 heterocycles. The average Bonchev–Trinajstić information content (AvgIpc) is 2.68. The van der Waals surface area contributed by atoms with Gasteiger partial charge in [-0.05, 0) is 37.6 Å². The molecule has 0 aliphatic heterocycles. The molecular formula is C12H17BN2O2. The van der Waals surface area contributed by atoms with E-state index < -0.39 is 7.12 Å². The van der Waals surface area contributed by atoms with Crippen LogP contribution in [0.25, 0.3) is 10.9 Å². The molecule has 4 nitrogen and oxygen atoms in total. The number of aromatic nitrogens is 1. The predicted molar refractivity (Wildman–Crippen MR) is 70.4 cm³/mol. The van der Waals surface area contributed by atoms with Gasteiger partial charge in [0.1, 0.15) is 0 Å². The lowest BCUT2D eigenvalue weighted by Gasteiger charge is -2.08. The number of likely N-dealkylation sites (N-methyl/N-ethyl adjacent to an activating group) is 1. The summed E-state index contributed by atoms with van der Waals surface area (Å²) in [6.45, 7) is 0.971. The molecule has 1 aromatic carbocycles. The highest BCUT2D eigenvalue weighted by Crippen LogP contribution is 2.17. The van der Waals surface area contributed by atoms with Crippen LogP contribution in [0.4, 0.5) is 0 Å². The van der Waals surface area contributed by atoms with E-state index in [0.717, 1.165) is 23.9 Å². The Hall–Kier alpha value is -1.30. The third kappa shape index (κ3) is 2.69. The van der Waals surface area contributed by atoms with Gasteiger partial charge in [0.05, 0.1) is 0 Å². The topological polar surface area (TPSA) is 59.5 Å². The van der Waals surface area contributed by atoms with E-state index in [1.165, 1.54) is 5.56 Å². The zero-order valence-corrected chi connectivity index (χ0v) is 10.1. The van der Waals surface area contributed by atoms with Crippen molar-refractivity contribution in [3.63, 3.8) is 0 Å². The number of hydrogen-bond donors (Lipinski definition) is 3. The number of rotatable bonds is 4. The van der Waals surface area contributed by atoms with Gasteiger partial charge in [-0.3, -0.25) is 0 Å². The van der Waals surface area contributed by atoms with E-state index >= 15 is 0 Å². The van der Waals surface area contributed by atoms with Gasteiger partial charge in [-0.2, -0.15) is 0 Å². The van der Waals surface area contributed by atoms with Crippen molar-refractivity contribution in [1.29, 1.82) is 0 Å². The molecule has 0 fully saturated rings. The molecule has 0 atom stereocenters. The Bertz CT molecular complexity index is 508. The van der Waals surface area contributed by atoms with Crippen LogP contribution >= 0.6 is 0 Å². The van der Waals surface area contributed by atoms with Crippen LogP contribution in [0.2, 0.25) is 0 Å². The van der Waals surface area contributed by atoms with Crippen LogP contribution in [-0.4, -0.2) is 47.7 Å². The van der Waals surface area contributed by atoms with Crippen molar-refractivity contribution in [2.75, 3.05) is 20.6 Å². The molecule has 0 saturated heterocycles. The van der Waals surface area contributed by atoms with Gasteiger partial charge in [0.15, 0.2) is 0 Å². The molecule has 1 aromatic heterocycles. The Morgan fingerprint density at radius 2 is 2.06 bits per heavy atom. The summed E-state index contributed by atoms with van der Waals surface area (Å²) in [5.74, 6) is 0. The number of nitrogens with zero attached hydrogens (tertiary/aromatic N) is 1. The molecule has 0 radical (unpaired) electrons. The molecule has 0 unspecified atom stereocenters. The molecule has 0 spiro atoms. The van der Waals surface area contributed by atoms with E-state index in [0.29, 0.717) is 5.46 Å². The van der Waals surface area contributed by atoms with Gasteiger partial charge < -0.3 is 19.9 Å². The fourth-order valence-corrected chi connectivity index (χ4v) is 1.91. The van der Waals surface area contributed by atoms with Crippen molar-refractivity contribution in [1.82, 2.24) is 9.88 Å². The van der Waals surface area contributed by atoms with Gasteiger partial charge in [-0.15, -0.1) is 0 Å². The third-order valence-corrected chi connectivity index (χ3v) is 2.92. The second kappa shape index (κ2) is 4.92. The highest BCUT2D eigenvalue weighted by molar-refractivity contribution is 6.58. The molecule has 17 heavy (non-hydrogen) atoms. The van der Waals surface area contributed by atoms with E-state index in [1.54, 1.807) is 6.07 Å². The van der Waals surface area contributed by atoms with Crippen LogP contribution in [0.3, 0.4) is 0 Å². The third-order valence-electron chi connectivity index (χ3n) is 2.92. The van der Waals surface area contributed by atoms with Gasteiger partial charge >= 0.3 is 7.12 Å². The number of nitrogens with one attached hydrogen (secondary N) is 1. The second-order valence-corrected chi connectivity index (χ2v) is 4.55. The van der Waals surface area contributed by atoms with E-state index in [-0.39, 0.29) is 0 Å². The summed E-state index contributed by atoms with van der Waals surface area (Å²) in [5.41, 5.74) is 2.77. The summed E-state index contributed by atoms with van der Waals surface area (Å²) >= 11 is 0. The molecule has 2 rings (SSSR count). The first-order chi connectivity index (χ1) is 8.08. The van der Waals surface area contributed by atoms with E-state index in [1.807, 2.05) is 32.4 Å². The van der Waals surface area contributed by atoms with Crippen LogP contribution in [0, 0.1) is 0 Å². The summed E-state index contributed by atoms with van der Waals surface area (Å²) in [7, 11) is 2.67. The summed E-state index contributed by atoms with van der Waals surface area (Å²) in [4.78, 5) is 5.32. The molecule has 5 heteroatoms. The minimum absolute atomic E-state index is 0.531. The van der Waals surface area contributed by atoms with Crippen molar-refractivity contribution in [2.24, 2.45) is 0 Å². The Labute approximate surface area is 101 Å². The van der Waals surface area contributed by atoms with Crippen molar-refractivity contribution in [3.8, 4) is 0 Å². The van der Waals surface area contributed by atoms with Gasteiger partial charge in [-0.1, -0.05) is 12.1 Å². The molecule has 0 bridgehead atoms. The van der Waals surface area contributed by atoms with Crippen molar-refractivity contribution < 1.29 is 10.0 Å². The van der Waals surface area contributed by atoms with Crippen LogP contribution < -0.4 is 5.46 Å². The standard InChI is InChI=1S/C12H17BN2O2/c1-15(2)6-5-9-8-14-12-4-3-10(13(16)17)7-11(9)12/h3-4,7-8,14,16-17H,5-6H2,1-2H3. The number of aromatic amines is 1. The molecule has 0 amide bonds. The first kappa shape index (κ1) is 12.2. The molecule has 2 aromatic rings. The molecule has 0 aliphatic rings. The largest absolute Gasteiger partial charge is 0.488 e. The molecule has 3 N–H and O–H groups in total. The maximum Gasteiger partial charge on any atom is 0.488 e. The van der Waals surface area contributed by atoms with Crippen molar-refractivity contribution in [2.45, 2.75) is 6.42 Å². The van der Waals surface area contributed by atoms with Crippen LogP contribution in [0.15, 0.2) is 24.4 Å². The first-order valence-electron chi connectivity index (χ1n) is 5.68. The summed E-state index contributed by atoms with van der Waals surface area (Å²) in [6.07, 6.45) is 2.93. The van der Waals surface area contributed by atoms with Gasteiger partial charge in [0, 0.05) is 23.6 Å². The number of H-pyrrole nitrogens is 1. The van der Waals surface area contributed by atoms with E-state index in [2.05, 4.69) is 9.88 Å². The minimum atomic E-state index is -1.41. The smallest absolute Gasteiger partial charge is 0.423 e. The molecule has 90 valence electrons. The van der Waals surface area contributed by atoms with Crippen molar-refractivity contribution >= 4 is 23.5 Å². The SMILES string of the molecule is CN(C)CCc1c[nH]c2ccc(B(O)O)cc12. The fourth-order valence-electron chi connectivity index (χ4n) is 1.91. The summed E-state index contributed by atoms with van der Waals surface area (Å²) in [6, 6.07) is 5.43. The van der Waals surface area contributed by atoms with Crippen LogP contribution in [0.5, 0.6) is 0 Å². The zero-order valence-electron chi connectivity index (χ0n) is 10.1. The molecule has 0 aliphatic carbocycles. The molecular weight excluding hydrogens is 215 g/mol. The highest BCUT2D eigenvalue weighted by atomic mass is 16.4. The first-order valence-corrected chi connectivity index (χ1v) is 5.68. The monoisotopic (exact) mass is 232 g/mol. The van der Waals surface area contributed by atoms with Gasteiger partial charge in [-0.25, -0.2) is 0 Å². The minimum Gasteiger partial charge on any atom is -0.423 e. The van der Waals surface area contributed by atoms with E-state index in [9.17, 15) is 0 Å².